The molecule has 20 heavy (non-hydrogen) atoms. The van der Waals surface area contributed by atoms with Crippen LogP contribution < -0.4 is 5.73 Å². The maximum absolute atomic E-state index is 6.24. The van der Waals surface area contributed by atoms with Gasteiger partial charge in [-0.15, -0.1) is 0 Å². The Morgan fingerprint density at radius 1 is 1.30 bits per heavy atom. The summed E-state index contributed by atoms with van der Waals surface area (Å²) in [6, 6.07) is 1.22. The van der Waals surface area contributed by atoms with Crippen LogP contribution in [0.15, 0.2) is 0 Å². The highest BCUT2D eigenvalue weighted by molar-refractivity contribution is 5.02. The predicted molar refractivity (Wildman–Crippen MR) is 86.1 cm³/mol. The molecule has 0 aromatic carbocycles. The molecule has 1 atom stereocenters. The Kier molecular flexibility index (Phi) is 7.45. The average molecular weight is 285 g/mol. The molecular weight excluding hydrogens is 250 g/mol. The highest BCUT2D eigenvalue weighted by atomic mass is 16.5. The number of hydrogen-bond donors (Lipinski definition) is 1. The lowest BCUT2D eigenvalue weighted by molar-refractivity contribution is 0.0224. The molecule has 0 aromatic rings. The van der Waals surface area contributed by atoms with Crippen LogP contribution in [0.4, 0.5) is 0 Å². The van der Waals surface area contributed by atoms with Gasteiger partial charge in [-0.1, -0.05) is 13.8 Å². The number of nitrogens with zero attached hydrogens (tertiary/aromatic N) is 2. The van der Waals surface area contributed by atoms with Crippen LogP contribution in [0.25, 0.3) is 0 Å². The molecule has 2 N–H and O–H groups in total. The third-order valence-corrected chi connectivity index (χ3v) is 5.00. The average Bonchev–Trinajstić information content (AvgIpc) is 2.89. The van der Waals surface area contributed by atoms with Gasteiger partial charge in [0.25, 0.3) is 0 Å². The fraction of sp³-hybridized carbons (Fsp3) is 1.00. The van der Waals surface area contributed by atoms with E-state index in [1.807, 2.05) is 0 Å². The van der Waals surface area contributed by atoms with E-state index in [2.05, 4.69) is 37.5 Å². The van der Waals surface area contributed by atoms with E-state index in [1.54, 1.807) is 7.11 Å². The van der Waals surface area contributed by atoms with E-state index in [1.165, 1.54) is 25.8 Å². The van der Waals surface area contributed by atoms with E-state index < -0.39 is 0 Å². The minimum Gasteiger partial charge on any atom is -0.383 e. The minimum absolute atomic E-state index is 0.138. The number of rotatable bonds is 9. The van der Waals surface area contributed by atoms with Crippen LogP contribution in [0.1, 0.15) is 47.0 Å². The van der Waals surface area contributed by atoms with Crippen molar-refractivity contribution in [2.75, 3.05) is 39.9 Å². The Bertz CT molecular complexity index is 268. The van der Waals surface area contributed by atoms with Crippen LogP contribution in [0.5, 0.6) is 0 Å². The molecule has 1 aliphatic rings. The van der Waals surface area contributed by atoms with E-state index in [0.717, 1.165) is 26.2 Å². The molecule has 1 saturated heterocycles. The van der Waals surface area contributed by atoms with Gasteiger partial charge in [0.1, 0.15) is 0 Å². The van der Waals surface area contributed by atoms with Gasteiger partial charge in [0.15, 0.2) is 0 Å². The first kappa shape index (κ1) is 17.9. The number of ether oxygens (including phenoxy) is 1. The molecular formula is C16H35N3O. The molecule has 1 aliphatic heterocycles. The van der Waals surface area contributed by atoms with Gasteiger partial charge in [-0.05, 0) is 33.1 Å². The van der Waals surface area contributed by atoms with Crippen molar-refractivity contribution in [1.29, 1.82) is 0 Å². The van der Waals surface area contributed by atoms with Crippen molar-refractivity contribution in [3.05, 3.63) is 0 Å². The molecule has 120 valence electrons. The summed E-state index contributed by atoms with van der Waals surface area (Å²) in [5.41, 5.74) is 6.38. The van der Waals surface area contributed by atoms with Crippen molar-refractivity contribution in [3.63, 3.8) is 0 Å². The number of likely N-dealkylation sites (tertiary alicyclic amines) is 1. The highest BCUT2D eigenvalue weighted by Crippen LogP contribution is 2.31. The van der Waals surface area contributed by atoms with Gasteiger partial charge in [-0.3, -0.25) is 9.80 Å². The van der Waals surface area contributed by atoms with Gasteiger partial charge in [0.05, 0.1) is 6.61 Å². The normalized spacial score (nSPS) is 24.4. The molecule has 1 rings (SSSR count). The third-order valence-electron chi connectivity index (χ3n) is 5.00. The molecule has 4 heteroatoms. The summed E-state index contributed by atoms with van der Waals surface area (Å²) >= 11 is 0. The number of methoxy groups -OCH3 is 1. The Morgan fingerprint density at radius 2 is 1.95 bits per heavy atom. The van der Waals surface area contributed by atoms with Gasteiger partial charge in [0.2, 0.25) is 0 Å². The van der Waals surface area contributed by atoms with Crippen molar-refractivity contribution < 1.29 is 4.74 Å². The lowest BCUT2D eigenvalue weighted by atomic mass is 9.92. The summed E-state index contributed by atoms with van der Waals surface area (Å²) in [7, 11) is 1.79. The Labute approximate surface area is 125 Å². The van der Waals surface area contributed by atoms with Gasteiger partial charge >= 0.3 is 0 Å². The summed E-state index contributed by atoms with van der Waals surface area (Å²) in [4.78, 5) is 5.22. The van der Waals surface area contributed by atoms with Gasteiger partial charge in [0, 0.05) is 50.9 Å². The van der Waals surface area contributed by atoms with E-state index in [-0.39, 0.29) is 5.54 Å². The van der Waals surface area contributed by atoms with E-state index in [0.29, 0.717) is 12.1 Å². The Balaban J connectivity index is 2.89. The topological polar surface area (TPSA) is 41.7 Å². The zero-order valence-electron chi connectivity index (χ0n) is 14.2. The van der Waals surface area contributed by atoms with E-state index >= 15 is 0 Å². The van der Waals surface area contributed by atoms with E-state index in [4.69, 9.17) is 10.5 Å². The van der Waals surface area contributed by atoms with Crippen molar-refractivity contribution >= 4 is 0 Å². The molecule has 0 bridgehead atoms. The second-order valence-electron chi connectivity index (χ2n) is 6.40. The lowest BCUT2D eigenvalue weighted by Crippen LogP contribution is -2.60. The van der Waals surface area contributed by atoms with Crippen molar-refractivity contribution in [3.8, 4) is 0 Å². The molecule has 1 fully saturated rings. The molecule has 0 spiro atoms. The maximum atomic E-state index is 6.24. The summed E-state index contributed by atoms with van der Waals surface area (Å²) in [6.45, 7) is 13.9. The predicted octanol–water partition coefficient (Wildman–Crippen LogP) is 1.94. The van der Waals surface area contributed by atoms with Crippen LogP contribution in [-0.2, 0) is 4.74 Å². The minimum atomic E-state index is 0.138. The first-order valence-corrected chi connectivity index (χ1v) is 8.24. The summed E-state index contributed by atoms with van der Waals surface area (Å²) in [5, 5.41) is 0. The van der Waals surface area contributed by atoms with Gasteiger partial charge in [-0.2, -0.15) is 0 Å². The van der Waals surface area contributed by atoms with Crippen LogP contribution >= 0.6 is 0 Å². The lowest BCUT2D eigenvalue weighted by Gasteiger charge is -2.45. The fourth-order valence-electron chi connectivity index (χ4n) is 3.57. The number of nitrogens with two attached hydrogens (primary N) is 1. The van der Waals surface area contributed by atoms with Gasteiger partial charge in [-0.25, -0.2) is 0 Å². The quantitative estimate of drug-likeness (QED) is 0.703. The monoisotopic (exact) mass is 285 g/mol. The van der Waals surface area contributed by atoms with Crippen LogP contribution in [0.3, 0.4) is 0 Å². The first-order valence-electron chi connectivity index (χ1n) is 8.24. The van der Waals surface area contributed by atoms with Crippen molar-refractivity contribution in [2.45, 2.75) is 64.6 Å². The zero-order chi connectivity index (χ0) is 15.2. The molecule has 1 unspecified atom stereocenters. The summed E-state index contributed by atoms with van der Waals surface area (Å²) in [6.07, 6.45) is 3.55. The van der Waals surface area contributed by atoms with Crippen LogP contribution in [0, 0.1) is 0 Å². The fourth-order valence-corrected chi connectivity index (χ4v) is 3.57. The molecule has 0 radical (unpaired) electrons. The first-order chi connectivity index (χ1) is 9.54. The Hall–Kier alpha value is -0.160. The maximum Gasteiger partial charge on any atom is 0.0590 e. The van der Waals surface area contributed by atoms with Crippen LogP contribution in [-0.4, -0.2) is 67.3 Å². The third kappa shape index (κ3) is 3.94. The molecule has 4 nitrogen and oxygen atoms in total. The SMILES string of the molecule is CCC(CC)N(CCOC)C1(CN)CCN(C(C)C)C1. The second-order valence-corrected chi connectivity index (χ2v) is 6.40. The van der Waals surface area contributed by atoms with Crippen molar-refractivity contribution in [1.82, 2.24) is 9.80 Å². The van der Waals surface area contributed by atoms with Crippen LogP contribution in [0.2, 0.25) is 0 Å². The van der Waals surface area contributed by atoms with Gasteiger partial charge < -0.3 is 10.5 Å². The van der Waals surface area contributed by atoms with E-state index in [9.17, 15) is 0 Å². The zero-order valence-corrected chi connectivity index (χ0v) is 14.2. The molecule has 0 aromatic heterocycles. The largest absolute Gasteiger partial charge is 0.383 e. The number of hydrogen-bond acceptors (Lipinski definition) is 4. The standard InChI is InChI=1S/C16H35N3O/c1-6-15(7-2)19(10-11-20-5)16(12-17)8-9-18(13-16)14(3)4/h14-15H,6-13,17H2,1-5H3. The molecule has 0 aliphatic carbocycles. The molecule has 1 heterocycles. The highest BCUT2D eigenvalue weighted by Gasteiger charge is 2.44. The summed E-state index contributed by atoms with van der Waals surface area (Å²) < 4.78 is 5.34. The second kappa shape index (κ2) is 8.32. The molecule has 0 amide bonds. The molecule has 0 saturated carbocycles. The van der Waals surface area contributed by atoms with Crippen molar-refractivity contribution in [2.24, 2.45) is 5.73 Å². The summed E-state index contributed by atoms with van der Waals surface area (Å²) in [5.74, 6) is 0. The smallest absolute Gasteiger partial charge is 0.0590 e. The Morgan fingerprint density at radius 3 is 2.35 bits per heavy atom.